The molecule has 3 aromatic rings. The number of sulfonamides is 1. The smallest absolute Gasteiger partial charge is 0.365 e. The van der Waals surface area contributed by atoms with E-state index in [1.807, 2.05) is 19.2 Å². The van der Waals surface area contributed by atoms with Crippen LogP contribution in [0.1, 0.15) is 18.1 Å². The fourth-order valence-electron chi connectivity index (χ4n) is 3.92. The highest BCUT2D eigenvalue weighted by Crippen LogP contribution is 2.36. The van der Waals surface area contributed by atoms with Crippen LogP contribution in [0.5, 0.6) is 0 Å². The van der Waals surface area contributed by atoms with Gasteiger partial charge in [0.05, 0.1) is 25.7 Å². The molecule has 0 spiro atoms. The molecule has 1 aromatic carbocycles. The van der Waals surface area contributed by atoms with Gasteiger partial charge in [-0.25, -0.2) is 18.4 Å². The minimum Gasteiger partial charge on any atom is -0.365 e. The van der Waals surface area contributed by atoms with Crippen molar-refractivity contribution in [3.63, 3.8) is 0 Å². The molecule has 1 saturated heterocycles. The lowest BCUT2D eigenvalue weighted by Gasteiger charge is -2.35. The molecule has 0 saturated carbocycles. The molecule has 0 amide bonds. The van der Waals surface area contributed by atoms with Crippen LogP contribution in [0.25, 0.3) is 10.2 Å². The molecular formula is C21H23ClF3N5O2S2. The van der Waals surface area contributed by atoms with Gasteiger partial charge in [0, 0.05) is 38.8 Å². The molecule has 3 heterocycles. The molecule has 1 fully saturated rings. The van der Waals surface area contributed by atoms with Crippen LogP contribution in [-0.4, -0.2) is 66.4 Å². The summed E-state index contributed by atoms with van der Waals surface area (Å²) in [6.45, 7) is 5.96. The van der Waals surface area contributed by atoms with Gasteiger partial charge < -0.3 is 5.32 Å². The number of halogens is 4. The summed E-state index contributed by atoms with van der Waals surface area (Å²) in [5, 5.41) is 4.91. The molecule has 7 nitrogen and oxygen atoms in total. The van der Waals surface area contributed by atoms with E-state index < -0.39 is 31.7 Å². The molecule has 0 radical (unpaired) electrons. The van der Waals surface area contributed by atoms with E-state index in [2.05, 4.69) is 20.2 Å². The number of hydrogen-bond donors (Lipinski definition) is 1. The van der Waals surface area contributed by atoms with Crippen molar-refractivity contribution in [2.45, 2.75) is 31.0 Å². The van der Waals surface area contributed by atoms with E-state index in [-0.39, 0.29) is 19.1 Å². The van der Waals surface area contributed by atoms with Gasteiger partial charge >= 0.3 is 6.18 Å². The molecule has 13 heteroatoms. The largest absolute Gasteiger partial charge is 0.417 e. The molecule has 0 aliphatic carbocycles. The first-order chi connectivity index (χ1) is 16.0. The first-order valence-corrected chi connectivity index (χ1v) is 13.2. The summed E-state index contributed by atoms with van der Waals surface area (Å²) < 4.78 is 67.6. The van der Waals surface area contributed by atoms with Gasteiger partial charge in [-0.3, -0.25) is 4.90 Å². The highest BCUT2D eigenvalue weighted by atomic mass is 35.5. The molecule has 34 heavy (non-hydrogen) atoms. The molecule has 1 atom stereocenters. The standard InChI is InChI=1S/C21H23ClF3N5O2S2/c1-13-11-33-19-18(13)26-12-27-20(19)28-14(2)10-29-5-7-30(8-6-29)34(31,32)15-3-4-17(22)16(9-15)21(23,24)25/h3-4,9,11-12,14H,5-8,10H2,1-2H3,(H,26,27,28)/t14-/m0/s1. The number of nitrogens with one attached hydrogen (secondary N) is 1. The Morgan fingerprint density at radius 1 is 1.21 bits per heavy atom. The number of piperazine rings is 1. The van der Waals surface area contributed by atoms with Crippen molar-refractivity contribution in [1.82, 2.24) is 19.2 Å². The first-order valence-electron chi connectivity index (χ1n) is 10.5. The zero-order valence-corrected chi connectivity index (χ0v) is 20.8. The third kappa shape index (κ3) is 5.15. The van der Waals surface area contributed by atoms with Gasteiger partial charge in [-0.1, -0.05) is 11.6 Å². The third-order valence-electron chi connectivity index (χ3n) is 5.66. The molecular weight excluding hydrogens is 511 g/mol. The van der Waals surface area contributed by atoms with E-state index in [0.717, 1.165) is 33.7 Å². The van der Waals surface area contributed by atoms with Gasteiger partial charge in [-0.15, -0.1) is 11.3 Å². The molecule has 2 aromatic heterocycles. The molecule has 184 valence electrons. The molecule has 1 aliphatic heterocycles. The predicted octanol–water partition coefficient (Wildman–Crippen LogP) is 4.48. The van der Waals surface area contributed by atoms with Gasteiger partial charge in [-0.05, 0) is 43.0 Å². The monoisotopic (exact) mass is 533 g/mol. The summed E-state index contributed by atoms with van der Waals surface area (Å²) in [4.78, 5) is 10.4. The van der Waals surface area contributed by atoms with Gasteiger partial charge in [0.1, 0.15) is 12.1 Å². The number of aryl methyl sites for hydroxylation is 1. The second kappa shape index (κ2) is 9.57. The number of fused-ring (bicyclic) bond motifs is 1. The Bertz CT molecular complexity index is 1290. The summed E-state index contributed by atoms with van der Waals surface area (Å²) in [6.07, 6.45) is -3.21. The predicted molar refractivity (Wildman–Crippen MR) is 127 cm³/mol. The Kier molecular flexibility index (Phi) is 7.07. The maximum Gasteiger partial charge on any atom is 0.417 e. The average Bonchev–Trinajstić information content (AvgIpc) is 3.15. The number of hydrogen-bond acceptors (Lipinski definition) is 7. The maximum atomic E-state index is 13.2. The summed E-state index contributed by atoms with van der Waals surface area (Å²) in [7, 11) is -4.07. The van der Waals surface area contributed by atoms with Crippen LogP contribution in [0.15, 0.2) is 34.8 Å². The number of aromatic nitrogens is 2. The zero-order chi connectivity index (χ0) is 24.7. The van der Waals surface area contributed by atoms with Crippen LogP contribution < -0.4 is 5.32 Å². The summed E-state index contributed by atoms with van der Waals surface area (Å²) in [5.74, 6) is 0.764. The lowest BCUT2D eigenvalue weighted by Crippen LogP contribution is -2.50. The van der Waals surface area contributed by atoms with E-state index in [1.54, 1.807) is 11.3 Å². The van der Waals surface area contributed by atoms with E-state index >= 15 is 0 Å². The van der Waals surface area contributed by atoms with Gasteiger partial charge in [0.15, 0.2) is 0 Å². The van der Waals surface area contributed by atoms with Crippen molar-refractivity contribution in [1.29, 1.82) is 0 Å². The molecule has 4 rings (SSSR count). The summed E-state index contributed by atoms with van der Waals surface area (Å²) in [5.41, 5.74) is 0.858. The lowest BCUT2D eigenvalue weighted by molar-refractivity contribution is -0.137. The minimum atomic E-state index is -4.73. The van der Waals surface area contributed by atoms with Crippen molar-refractivity contribution < 1.29 is 21.6 Å². The minimum absolute atomic E-state index is 0.0364. The van der Waals surface area contributed by atoms with Gasteiger partial charge in [-0.2, -0.15) is 17.5 Å². The highest BCUT2D eigenvalue weighted by Gasteiger charge is 2.36. The van der Waals surface area contributed by atoms with Crippen LogP contribution >= 0.6 is 22.9 Å². The molecule has 0 unspecified atom stereocenters. The normalized spacial score (nSPS) is 17.2. The number of benzene rings is 1. The number of alkyl halides is 3. The topological polar surface area (TPSA) is 78.4 Å². The van der Waals surface area contributed by atoms with Crippen LogP contribution in [0.4, 0.5) is 19.0 Å². The van der Waals surface area contributed by atoms with E-state index in [1.165, 1.54) is 10.6 Å². The van der Waals surface area contributed by atoms with Gasteiger partial charge in [0.25, 0.3) is 0 Å². The fraction of sp³-hybridized carbons (Fsp3) is 0.429. The van der Waals surface area contributed by atoms with Crippen molar-refractivity contribution in [2.24, 2.45) is 0 Å². The van der Waals surface area contributed by atoms with Crippen LogP contribution in [0.3, 0.4) is 0 Å². The molecule has 0 bridgehead atoms. The number of rotatable bonds is 6. The summed E-state index contributed by atoms with van der Waals surface area (Å²) >= 11 is 7.21. The second-order valence-electron chi connectivity index (χ2n) is 8.21. The SMILES string of the molecule is Cc1csc2c(N[C@@H](C)CN3CCN(S(=O)(=O)c4ccc(Cl)c(C(F)(F)F)c4)CC3)ncnc12. The lowest BCUT2D eigenvalue weighted by atomic mass is 10.2. The van der Waals surface area contributed by atoms with E-state index in [4.69, 9.17) is 11.6 Å². The number of nitrogens with zero attached hydrogens (tertiary/aromatic N) is 4. The number of anilines is 1. The van der Waals surface area contributed by atoms with Crippen molar-refractivity contribution in [2.75, 3.05) is 38.0 Å². The summed E-state index contributed by atoms with van der Waals surface area (Å²) in [6, 6.07) is 2.72. The Labute approximate surface area is 204 Å². The van der Waals surface area contributed by atoms with Crippen molar-refractivity contribution >= 4 is 49.0 Å². The average molecular weight is 534 g/mol. The van der Waals surface area contributed by atoms with Crippen molar-refractivity contribution in [3.05, 3.63) is 46.1 Å². The Hall–Kier alpha value is -1.99. The van der Waals surface area contributed by atoms with Gasteiger partial charge in [0.2, 0.25) is 10.0 Å². The highest BCUT2D eigenvalue weighted by molar-refractivity contribution is 7.89. The van der Waals surface area contributed by atoms with E-state index in [9.17, 15) is 21.6 Å². The van der Waals surface area contributed by atoms with E-state index in [0.29, 0.717) is 25.7 Å². The molecule has 1 aliphatic rings. The first kappa shape index (κ1) is 25.1. The number of thiophene rings is 1. The molecule has 1 N–H and O–H groups in total. The third-order valence-corrected chi connectivity index (χ3v) is 8.98. The zero-order valence-electron chi connectivity index (χ0n) is 18.4. The Morgan fingerprint density at radius 3 is 2.59 bits per heavy atom. The second-order valence-corrected chi connectivity index (χ2v) is 11.4. The van der Waals surface area contributed by atoms with Crippen LogP contribution in [0.2, 0.25) is 5.02 Å². The fourth-order valence-corrected chi connectivity index (χ4v) is 6.55. The van der Waals surface area contributed by atoms with Crippen LogP contribution in [0, 0.1) is 6.92 Å². The van der Waals surface area contributed by atoms with Crippen LogP contribution in [-0.2, 0) is 16.2 Å². The Morgan fingerprint density at radius 2 is 1.91 bits per heavy atom. The Balaban J connectivity index is 1.38. The van der Waals surface area contributed by atoms with Crippen molar-refractivity contribution in [3.8, 4) is 0 Å². The maximum absolute atomic E-state index is 13.2. The quantitative estimate of drug-likeness (QED) is 0.503.